The Bertz CT molecular complexity index is 411. The second-order valence-corrected chi connectivity index (χ2v) is 6.79. The molecule has 1 saturated heterocycles. The highest BCUT2D eigenvalue weighted by Gasteiger charge is 2.30. The van der Waals surface area contributed by atoms with E-state index in [9.17, 15) is 0 Å². The number of nitrogens with one attached hydrogen (secondary N) is 1. The van der Waals surface area contributed by atoms with Gasteiger partial charge in [0.25, 0.3) is 0 Å². The lowest BCUT2D eigenvalue weighted by atomic mass is 9.93. The zero-order chi connectivity index (χ0) is 14.5. The summed E-state index contributed by atoms with van der Waals surface area (Å²) in [6, 6.07) is 13.3. The molecule has 0 aromatic heterocycles. The predicted octanol–water partition coefficient (Wildman–Crippen LogP) is 4.13. The van der Waals surface area contributed by atoms with Crippen molar-refractivity contribution in [3.63, 3.8) is 0 Å². The molecule has 116 valence electrons. The topological polar surface area (TPSA) is 15.3 Å². The Hall–Kier alpha value is -0.860. The van der Waals surface area contributed by atoms with Crippen molar-refractivity contribution in [1.29, 1.82) is 0 Å². The van der Waals surface area contributed by atoms with Gasteiger partial charge in [0.2, 0.25) is 0 Å². The van der Waals surface area contributed by atoms with Crippen LogP contribution in [0.4, 0.5) is 0 Å². The van der Waals surface area contributed by atoms with Crippen molar-refractivity contribution in [2.24, 2.45) is 0 Å². The van der Waals surface area contributed by atoms with Gasteiger partial charge in [0.05, 0.1) is 0 Å². The normalized spacial score (nSPS) is 24.9. The third-order valence-corrected chi connectivity index (χ3v) is 5.06. The first kappa shape index (κ1) is 15.1. The Morgan fingerprint density at radius 1 is 1.14 bits per heavy atom. The van der Waals surface area contributed by atoms with Crippen molar-refractivity contribution >= 4 is 0 Å². The van der Waals surface area contributed by atoms with Crippen molar-refractivity contribution in [2.45, 2.75) is 70.0 Å². The van der Waals surface area contributed by atoms with E-state index in [1.807, 2.05) is 0 Å². The van der Waals surface area contributed by atoms with Crippen molar-refractivity contribution in [3.05, 3.63) is 35.9 Å². The second-order valence-electron chi connectivity index (χ2n) is 6.79. The number of hydrogen-bond acceptors (Lipinski definition) is 2. The summed E-state index contributed by atoms with van der Waals surface area (Å²) < 4.78 is 0. The lowest BCUT2D eigenvalue weighted by Crippen LogP contribution is -2.45. The molecule has 0 amide bonds. The number of piperidine rings is 1. The number of hydrogen-bond donors (Lipinski definition) is 1. The average molecular weight is 286 g/mol. The van der Waals surface area contributed by atoms with Gasteiger partial charge in [0.15, 0.2) is 0 Å². The first-order valence-corrected chi connectivity index (χ1v) is 8.92. The predicted molar refractivity (Wildman–Crippen MR) is 89.5 cm³/mol. The molecular weight excluding hydrogens is 256 g/mol. The first-order chi connectivity index (χ1) is 10.4. The SMILES string of the molecule is CCCC1CCCCN1C(CNC1CC1)c1ccccc1. The zero-order valence-electron chi connectivity index (χ0n) is 13.4. The molecule has 2 atom stereocenters. The van der Waals surface area contributed by atoms with E-state index in [0.29, 0.717) is 6.04 Å². The van der Waals surface area contributed by atoms with Crippen LogP contribution in [-0.4, -0.2) is 30.1 Å². The maximum atomic E-state index is 3.77. The molecule has 1 aromatic carbocycles. The van der Waals surface area contributed by atoms with Crippen molar-refractivity contribution < 1.29 is 0 Å². The van der Waals surface area contributed by atoms with Crippen molar-refractivity contribution in [1.82, 2.24) is 10.2 Å². The molecule has 1 aliphatic heterocycles. The van der Waals surface area contributed by atoms with Gasteiger partial charge >= 0.3 is 0 Å². The van der Waals surface area contributed by atoms with Crippen LogP contribution in [-0.2, 0) is 0 Å². The van der Waals surface area contributed by atoms with E-state index in [0.717, 1.165) is 18.6 Å². The van der Waals surface area contributed by atoms with Crippen LogP contribution < -0.4 is 5.32 Å². The smallest absolute Gasteiger partial charge is 0.0475 e. The van der Waals surface area contributed by atoms with Crippen LogP contribution >= 0.6 is 0 Å². The molecule has 21 heavy (non-hydrogen) atoms. The Kier molecular flexibility index (Phi) is 5.32. The van der Waals surface area contributed by atoms with Crippen molar-refractivity contribution in [2.75, 3.05) is 13.1 Å². The molecule has 2 heteroatoms. The van der Waals surface area contributed by atoms with Crippen LogP contribution in [0.1, 0.15) is 63.5 Å². The Labute approximate surface area is 129 Å². The largest absolute Gasteiger partial charge is 0.312 e. The summed E-state index contributed by atoms with van der Waals surface area (Å²) in [6.07, 6.45) is 9.58. The number of nitrogens with zero attached hydrogens (tertiary/aromatic N) is 1. The van der Waals surface area contributed by atoms with Gasteiger partial charge in [-0.15, -0.1) is 0 Å². The van der Waals surface area contributed by atoms with E-state index in [-0.39, 0.29) is 0 Å². The summed E-state index contributed by atoms with van der Waals surface area (Å²) in [4.78, 5) is 2.80. The van der Waals surface area contributed by atoms with E-state index < -0.39 is 0 Å². The molecular formula is C19H30N2. The molecule has 2 aliphatic rings. The number of benzene rings is 1. The molecule has 1 heterocycles. The van der Waals surface area contributed by atoms with Gasteiger partial charge in [-0.3, -0.25) is 4.90 Å². The highest BCUT2D eigenvalue weighted by molar-refractivity contribution is 5.20. The minimum Gasteiger partial charge on any atom is -0.312 e. The molecule has 0 radical (unpaired) electrons. The average Bonchev–Trinajstić information content (AvgIpc) is 3.35. The second kappa shape index (κ2) is 7.42. The van der Waals surface area contributed by atoms with Gasteiger partial charge in [0.1, 0.15) is 0 Å². The molecule has 1 aromatic rings. The standard InChI is InChI=1S/C19H30N2/c1-2-8-18-11-6-7-14-21(18)19(15-20-17-12-13-17)16-9-4-3-5-10-16/h3-5,9-10,17-20H,2,6-8,11-15H2,1H3. The first-order valence-electron chi connectivity index (χ1n) is 8.92. The maximum Gasteiger partial charge on any atom is 0.0475 e. The van der Waals surface area contributed by atoms with Gasteiger partial charge in [-0.25, -0.2) is 0 Å². The molecule has 0 bridgehead atoms. The molecule has 1 aliphatic carbocycles. The summed E-state index contributed by atoms with van der Waals surface area (Å²) in [5.74, 6) is 0. The summed E-state index contributed by atoms with van der Waals surface area (Å²) in [5, 5.41) is 3.77. The van der Waals surface area contributed by atoms with Gasteiger partial charge in [-0.05, 0) is 44.2 Å². The van der Waals surface area contributed by atoms with Gasteiger partial charge in [-0.1, -0.05) is 50.1 Å². The van der Waals surface area contributed by atoms with E-state index in [4.69, 9.17) is 0 Å². The summed E-state index contributed by atoms with van der Waals surface area (Å²) >= 11 is 0. The fourth-order valence-corrected chi connectivity index (χ4v) is 3.74. The summed E-state index contributed by atoms with van der Waals surface area (Å²) in [7, 11) is 0. The Morgan fingerprint density at radius 3 is 2.67 bits per heavy atom. The Balaban J connectivity index is 1.74. The number of likely N-dealkylation sites (tertiary alicyclic amines) is 1. The van der Waals surface area contributed by atoms with E-state index in [1.165, 1.54) is 57.1 Å². The van der Waals surface area contributed by atoms with Crippen LogP contribution in [0.25, 0.3) is 0 Å². The quantitative estimate of drug-likeness (QED) is 0.810. The Morgan fingerprint density at radius 2 is 1.95 bits per heavy atom. The molecule has 3 rings (SSSR count). The molecule has 1 N–H and O–H groups in total. The minimum atomic E-state index is 0.559. The van der Waals surface area contributed by atoms with Crippen LogP contribution in [0.15, 0.2) is 30.3 Å². The van der Waals surface area contributed by atoms with E-state index in [1.54, 1.807) is 0 Å². The lowest BCUT2D eigenvalue weighted by Gasteiger charge is -2.42. The molecule has 2 unspecified atom stereocenters. The summed E-state index contributed by atoms with van der Waals surface area (Å²) in [6.45, 7) is 4.72. The molecule has 1 saturated carbocycles. The third kappa shape index (κ3) is 4.08. The lowest BCUT2D eigenvalue weighted by molar-refractivity contribution is 0.0865. The maximum absolute atomic E-state index is 3.77. The van der Waals surface area contributed by atoms with E-state index >= 15 is 0 Å². The monoisotopic (exact) mass is 286 g/mol. The van der Waals surface area contributed by atoms with Gasteiger partial charge < -0.3 is 5.32 Å². The minimum absolute atomic E-state index is 0.559. The molecule has 2 nitrogen and oxygen atoms in total. The van der Waals surface area contributed by atoms with Crippen LogP contribution in [0, 0.1) is 0 Å². The highest BCUT2D eigenvalue weighted by atomic mass is 15.2. The van der Waals surface area contributed by atoms with Gasteiger partial charge in [-0.2, -0.15) is 0 Å². The van der Waals surface area contributed by atoms with Crippen LogP contribution in [0.5, 0.6) is 0 Å². The fourth-order valence-electron chi connectivity index (χ4n) is 3.74. The molecule has 2 fully saturated rings. The number of rotatable bonds is 7. The fraction of sp³-hybridized carbons (Fsp3) is 0.684. The zero-order valence-corrected chi connectivity index (χ0v) is 13.4. The highest BCUT2D eigenvalue weighted by Crippen LogP contribution is 2.31. The molecule has 0 spiro atoms. The summed E-state index contributed by atoms with van der Waals surface area (Å²) in [5.41, 5.74) is 1.49. The van der Waals surface area contributed by atoms with Crippen molar-refractivity contribution in [3.8, 4) is 0 Å². The van der Waals surface area contributed by atoms with Crippen LogP contribution in [0.3, 0.4) is 0 Å². The van der Waals surface area contributed by atoms with E-state index in [2.05, 4.69) is 47.5 Å². The third-order valence-electron chi connectivity index (χ3n) is 5.06. The van der Waals surface area contributed by atoms with Gasteiger partial charge in [0, 0.05) is 24.7 Å². The van der Waals surface area contributed by atoms with Crippen LogP contribution in [0.2, 0.25) is 0 Å².